The lowest BCUT2D eigenvalue weighted by molar-refractivity contribution is -0.120. The molecule has 0 saturated carbocycles. The SMILES string of the molecule is CCNC(=NCc1ccccc1Cn1cccn1)NCC(=O)NCCOC.I. The smallest absolute Gasteiger partial charge is 0.239 e. The van der Waals surface area contributed by atoms with E-state index in [0.717, 1.165) is 11.1 Å². The van der Waals surface area contributed by atoms with Gasteiger partial charge >= 0.3 is 0 Å². The number of guanidine groups is 1. The molecule has 0 bridgehead atoms. The highest BCUT2D eigenvalue weighted by molar-refractivity contribution is 14.0. The van der Waals surface area contributed by atoms with Crippen molar-refractivity contribution in [2.24, 2.45) is 4.99 Å². The van der Waals surface area contributed by atoms with E-state index in [4.69, 9.17) is 4.74 Å². The van der Waals surface area contributed by atoms with Crippen LogP contribution in [0, 0.1) is 0 Å². The number of rotatable bonds is 10. The number of aromatic nitrogens is 2. The van der Waals surface area contributed by atoms with Gasteiger partial charge in [-0.3, -0.25) is 9.48 Å². The molecule has 3 N–H and O–H groups in total. The van der Waals surface area contributed by atoms with Gasteiger partial charge < -0.3 is 20.7 Å². The Labute approximate surface area is 183 Å². The molecule has 0 radical (unpaired) electrons. The van der Waals surface area contributed by atoms with E-state index in [-0.39, 0.29) is 36.4 Å². The molecule has 0 unspecified atom stereocenters. The minimum Gasteiger partial charge on any atom is -0.383 e. The van der Waals surface area contributed by atoms with E-state index in [1.807, 2.05) is 36.0 Å². The van der Waals surface area contributed by atoms with Gasteiger partial charge in [-0.25, -0.2) is 4.99 Å². The number of hydrogen-bond donors (Lipinski definition) is 3. The second kappa shape index (κ2) is 13.9. The third-order valence-corrected chi connectivity index (χ3v) is 3.81. The van der Waals surface area contributed by atoms with Gasteiger partial charge in [-0.15, -0.1) is 24.0 Å². The van der Waals surface area contributed by atoms with Gasteiger partial charge in [0.25, 0.3) is 0 Å². The van der Waals surface area contributed by atoms with Crippen molar-refractivity contribution in [2.45, 2.75) is 20.0 Å². The topological polar surface area (TPSA) is 92.6 Å². The lowest BCUT2D eigenvalue weighted by atomic mass is 10.1. The first-order valence-corrected chi connectivity index (χ1v) is 9.05. The van der Waals surface area contributed by atoms with Crippen molar-refractivity contribution in [1.82, 2.24) is 25.7 Å². The van der Waals surface area contributed by atoms with Gasteiger partial charge in [-0.1, -0.05) is 24.3 Å². The molecule has 1 amide bonds. The minimum absolute atomic E-state index is 0. The van der Waals surface area contributed by atoms with E-state index >= 15 is 0 Å². The Morgan fingerprint density at radius 1 is 1.18 bits per heavy atom. The lowest BCUT2D eigenvalue weighted by Gasteiger charge is -2.12. The Balaban J connectivity index is 0.00000392. The zero-order valence-electron chi connectivity index (χ0n) is 16.4. The van der Waals surface area contributed by atoms with Crippen LogP contribution in [0.5, 0.6) is 0 Å². The summed E-state index contributed by atoms with van der Waals surface area (Å²) in [5, 5.41) is 13.2. The fourth-order valence-corrected chi connectivity index (χ4v) is 2.46. The fourth-order valence-electron chi connectivity index (χ4n) is 2.46. The quantitative estimate of drug-likeness (QED) is 0.198. The number of aliphatic imine (C=N–C) groups is 1. The van der Waals surface area contributed by atoms with Crippen LogP contribution in [0.15, 0.2) is 47.7 Å². The van der Waals surface area contributed by atoms with Crippen molar-refractivity contribution in [1.29, 1.82) is 0 Å². The number of halogens is 1. The van der Waals surface area contributed by atoms with E-state index in [2.05, 4.69) is 38.2 Å². The highest BCUT2D eigenvalue weighted by atomic mass is 127. The molecular formula is C19H29IN6O2. The summed E-state index contributed by atoms with van der Waals surface area (Å²) in [6.07, 6.45) is 3.71. The van der Waals surface area contributed by atoms with Crippen LogP contribution in [-0.4, -0.2) is 55.0 Å². The van der Waals surface area contributed by atoms with Crippen LogP contribution >= 0.6 is 24.0 Å². The molecule has 0 spiro atoms. The highest BCUT2D eigenvalue weighted by Gasteiger charge is 2.05. The number of hydrogen-bond acceptors (Lipinski definition) is 4. The van der Waals surface area contributed by atoms with Gasteiger partial charge in [0.1, 0.15) is 0 Å². The zero-order chi connectivity index (χ0) is 19.3. The van der Waals surface area contributed by atoms with Crippen LogP contribution in [0.1, 0.15) is 18.1 Å². The summed E-state index contributed by atoms with van der Waals surface area (Å²) in [5.41, 5.74) is 2.29. The van der Waals surface area contributed by atoms with E-state index < -0.39 is 0 Å². The molecule has 154 valence electrons. The molecule has 0 saturated heterocycles. The molecule has 8 nitrogen and oxygen atoms in total. The third kappa shape index (κ3) is 8.70. The lowest BCUT2D eigenvalue weighted by Crippen LogP contribution is -2.43. The summed E-state index contributed by atoms with van der Waals surface area (Å²) >= 11 is 0. The van der Waals surface area contributed by atoms with Crippen molar-refractivity contribution >= 4 is 35.8 Å². The zero-order valence-corrected chi connectivity index (χ0v) is 18.7. The average molecular weight is 500 g/mol. The van der Waals surface area contributed by atoms with Crippen LogP contribution in [0.3, 0.4) is 0 Å². The van der Waals surface area contributed by atoms with Crippen LogP contribution < -0.4 is 16.0 Å². The Bertz CT molecular complexity index is 721. The summed E-state index contributed by atoms with van der Waals surface area (Å²) < 4.78 is 6.80. The molecule has 2 rings (SSSR count). The predicted molar refractivity (Wildman–Crippen MR) is 121 cm³/mol. The van der Waals surface area contributed by atoms with Gasteiger partial charge in [0.05, 0.1) is 26.2 Å². The summed E-state index contributed by atoms with van der Waals surface area (Å²) in [6.45, 7) is 5.05. The maximum absolute atomic E-state index is 11.8. The molecule has 0 fully saturated rings. The first-order valence-electron chi connectivity index (χ1n) is 9.05. The second-order valence-corrected chi connectivity index (χ2v) is 5.86. The normalized spacial score (nSPS) is 10.9. The largest absolute Gasteiger partial charge is 0.383 e. The average Bonchev–Trinajstić information content (AvgIpc) is 3.18. The van der Waals surface area contributed by atoms with Crippen LogP contribution in [-0.2, 0) is 22.6 Å². The number of benzene rings is 1. The molecular weight excluding hydrogens is 471 g/mol. The number of carbonyl (C=O) groups excluding carboxylic acids is 1. The van der Waals surface area contributed by atoms with E-state index in [1.165, 1.54) is 0 Å². The highest BCUT2D eigenvalue weighted by Crippen LogP contribution is 2.11. The number of carbonyl (C=O) groups is 1. The Morgan fingerprint density at radius 2 is 1.96 bits per heavy atom. The molecule has 1 aromatic carbocycles. The maximum Gasteiger partial charge on any atom is 0.239 e. The molecule has 0 aliphatic heterocycles. The maximum atomic E-state index is 11.8. The summed E-state index contributed by atoms with van der Waals surface area (Å²) in [7, 11) is 1.60. The van der Waals surface area contributed by atoms with Gasteiger partial charge in [-0.2, -0.15) is 5.10 Å². The Morgan fingerprint density at radius 3 is 2.64 bits per heavy atom. The van der Waals surface area contributed by atoms with Gasteiger partial charge in [0.2, 0.25) is 5.91 Å². The standard InChI is InChI=1S/C19H28N6O2.HI/c1-3-20-19(23-14-18(26)21-10-12-27-2)22-13-16-7-4-5-8-17(16)15-25-11-6-9-24-25;/h4-9,11H,3,10,12-15H2,1-2H3,(H,21,26)(H2,20,22,23);1H. The first kappa shape index (κ1) is 23.9. The van der Waals surface area contributed by atoms with E-state index in [1.54, 1.807) is 13.3 Å². The van der Waals surface area contributed by atoms with Crippen LogP contribution in [0.25, 0.3) is 0 Å². The van der Waals surface area contributed by atoms with Crippen molar-refractivity contribution in [3.8, 4) is 0 Å². The molecule has 0 aliphatic carbocycles. The Hall–Kier alpha value is -2.14. The summed E-state index contributed by atoms with van der Waals surface area (Å²) in [4.78, 5) is 16.4. The van der Waals surface area contributed by atoms with Crippen LogP contribution in [0.4, 0.5) is 0 Å². The third-order valence-electron chi connectivity index (χ3n) is 3.81. The van der Waals surface area contributed by atoms with Crippen molar-refractivity contribution in [3.05, 3.63) is 53.9 Å². The predicted octanol–water partition coefficient (Wildman–Crippen LogP) is 1.37. The monoisotopic (exact) mass is 500 g/mol. The molecule has 2 aromatic rings. The molecule has 0 aliphatic rings. The molecule has 1 heterocycles. The van der Waals surface area contributed by atoms with Crippen molar-refractivity contribution in [3.63, 3.8) is 0 Å². The molecule has 9 heteroatoms. The van der Waals surface area contributed by atoms with Crippen LogP contribution in [0.2, 0.25) is 0 Å². The van der Waals surface area contributed by atoms with Crippen molar-refractivity contribution in [2.75, 3.05) is 33.4 Å². The number of methoxy groups -OCH3 is 1. The van der Waals surface area contributed by atoms with E-state index in [9.17, 15) is 4.79 Å². The number of nitrogens with one attached hydrogen (secondary N) is 3. The first-order chi connectivity index (χ1) is 13.2. The molecule has 0 atom stereocenters. The van der Waals surface area contributed by atoms with Crippen molar-refractivity contribution < 1.29 is 9.53 Å². The molecule has 1 aromatic heterocycles. The summed E-state index contributed by atoms with van der Waals surface area (Å²) in [5.74, 6) is 0.505. The number of amides is 1. The second-order valence-electron chi connectivity index (χ2n) is 5.86. The minimum atomic E-state index is -0.100. The number of nitrogens with zero attached hydrogens (tertiary/aromatic N) is 3. The van der Waals surface area contributed by atoms with E-state index in [0.29, 0.717) is 38.7 Å². The van der Waals surface area contributed by atoms with Gasteiger partial charge in [-0.05, 0) is 24.1 Å². The molecule has 28 heavy (non-hydrogen) atoms. The Kier molecular flexibility index (Phi) is 11.9. The van der Waals surface area contributed by atoms with Gasteiger partial charge in [0.15, 0.2) is 5.96 Å². The van der Waals surface area contributed by atoms with Gasteiger partial charge in [0, 0.05) is 32.6 Å². The summed E-state index contributed by atoms with van der Waals surface area (Å²) in [6, 6.07) is 10.1. The number of ether oxygens (including phenoxy) is 1. The fraction of sp³-hybridized carbons (Fsp3) is 0.421.